The van der Waals surface area contributed by atoms with Gasteiger partial charge in [-0.05, 0) is 105 Å². The Balaban J connectivity index is 1.49. The second-order valence-corrected chi connectivity index (χ2v) is 13.5. The predicted molar refractivity (Wildman–Crippen MR) is 181 cm³/mol. The highest BCUT2D eigenvalue weighted by Crippen LogP contribution is 2.35. The number of alkyl halides is 3. The molecule has 4 aromatic rings. The first-order valence-corrected chi connectivity index (χ1v) is 16.3. The number of pyridine rings is 2. The zero-order chi connectivity index (χ0) is 34.0. The average Bonchev–Trinajstić information content (AvgIpc) is 3.76. The van der Waals surface area contributed by atoms with Crippen molar-refractivity contribution in [3.63, 3.8) is 0 Å². The summed E-state index contributed by atoms with van der Waals surface area (Å²) in [7, 11) is 5.52. The number of halogens is 3. The van der Waals surface area contributed by atoms with Gasteiger partial charge in [-0.3, -0.25) is 9.48 Å². The summed E-state index contributed by atoms with van der Waals surface area (Å²) in [6, 6.07) is 8.23. The van der Waals surface area contributed by atoms with Gasteiger partial charge in [0.2, 0.25) is 5.91 Å². The molecule has 47 heavy (non-hydrogen) atoms. The molecule has 1 saturated carbocycles. The molecule has 1 aliphatic carbocycles. The molecule has 1 amide bonds. The van der Waals surface area contributed by atoms with Crippen LogP contribution in [0.4, 0.5) is 13.2 Å². The van der Waals surface area contributed by atoms with Crippen LogP contribution < -0.4 is 5.32 Å². The van der Waals surface area contributed by atoms with Gasteiger partial charge < -0.3 is 14.8 Å². The van der Waals surface area contributed by atoms with E-state index in [4.69, 9.17) is 17.2 Å². The zero-order valence-corrected chi connectivity index (χ0v) is 28.5. The fourth-order valence-electron chi connectivity index (χ4n) is 5.74. The molecular weight excluding hydrogens is 621 g/mol. The van der Waals surface area contributed by atoms with Crippen molar-refractivity contribution in [1.29, 1.82) is 0 Å². The number of fused-ring (bicyclic) bond motifs is 1. The Bertz CT molecular complexity index is 1910. The predicted octanol–water partition coefficient (Wildman–Crippen LogP) is 7.26. The van der Waals surface area contributed by atoms with Gasteiger partial charge >= 0.3 is 6.18 Å². The third-order valence-corrected chi connectivity index (χ3v) is 8.69. The number of hydrogen-bond acceptors (Lipinski definition) is 5. The summed E-state index contributed by atoms with van der Waals surface area (Å²) in [5, 5.41) is 8.49. The van der Waals surface area contributed by atoms with Crippen molar-refractivity contribution < 1.29 is 18.0 Å². The van der Waals surface area contributed by atoms with Gasteiger partial charge in [-0.1, -0.05) is 38.1 Å². The first-order valence-electron chi connectivity index (χ1n) is 15.9. The number of amides is 1. The third kappa shape index (κ3) is 8.29. The van der Waals surface area contributed by atoms with Crippen LogP contribution in [0.2, 0.25) is 0 Å². The van der Waals surface area contributed by atoms with Gasteiger partial charge in [0.15, 0.2) is 0 Å². The Morgan fingerprint density at radius 2 is 1.94 bits per heavy atom. The second kappa shape index (κ2) is 14.0. The van der Waals surface area contributed by atoms with E-state index in [9.17, 15) is 18.0 Å². The molecular formula is C36H41F3N6OS. The fourth-order valence-corrected chi connectivity index (χ4v) is 6.04. The molecule has 11 heteroatoms. The first-order chi connectivity index (χ1) is 22.2. The molecule has 5 rings (SSSR count). The zero-order valence-electron chi connectivity index (χ0n) is 27.7. The maximum absolute atomic E-state index is 14.0. The van der Waals surface area contributed by atoms with Gasteiger partial charge in [0.25, 0.3) is 0 Å². The summed E-state index contributed by atoms with van der Waals surface area (Å²) < 4.78 is 45.3. The number of nitrogens with one attached hydrogen (secondary N) is 1. The van der Waals surface area contributed by atoms with E-state index < -0.39 is 17.8 Å². The van der Waals surface area contributed by atoms with Gasteiger partial charge in [0.05, 0.1) is 29.5 Å². The van der Waals surface area contributed by atoms with Crippen LogP contribution >= 0.6 is 12.2 Å². The van der Waals surface area contributed by atoms with E-state index >= 15 is 0 Å². The smallest absolute Gasteiger partial charge is 0.349 e. The standard InChI is InChI=1S/C36H41F3N6OS/c1-22(2)15-32(45-21-25(13-14-43(4)5)30(18-33(45)47)36(37,38)39)35(46)40-19-28-17-26(16-27(42-28)11-10-24-8-9-24)34-23(3)7-12-31-29(34)20-41-44(31)6/h7,12,16-18,20-22,24,32H,8-9,13-15,19H2,1-6H3,(H,40,46). The molecule has 3 heterocycles. The van der Waals surface area contributed by atoms with E-state index in [1.165, 1.54) is 10.8 Å². The summed E-state index contributed by atoms with van der Waals surface area (Å²) in [6.07, 6.45) is 1.45. The van der Waals surface area contributed by atoms with Crippen molar-refractivity contribution in [2.24, 2.45) is 18.9 Å². The molecule has 0 saturated heterocycles. The van der Waals surface area contributed by atoms with Crippen LogP contribution in [0.3, 0.4) is 0 Å². The van der Waals surface area contributed by atoms with Crippen LogP contribution in [0.5, 0.6) is 0 Å². The summed E-state index contributed by atoms with van der Waals surface area (Å²) in [4.78, 5) is 20.5. The second-order valence-electron chi connectivity index (χ2n) is 13.1. The SMILES string of the molecule is Cc1ccc2c(cnn2C)c1-c1cc(C#CC2CC2)nc(CNC(=O)C(CC(C)C)n2cc(CCN(C)C)c(C(F)(F)F)cc2=S)c1. The van der Waals surface area contributed by atoms with Crippen LogP contribution in [0.15, 0.2) is 42.7 Å². The Labute approximate surface area is 279 Å². The number of hydrogen-bond donors (Lipinski definition) is 1. The van der Waals surface area contributed by atoms with Crippen molar-refractivity contribution in [2.45, 2.75) is 65.2 Å². The quantitative estimate of drug-likeness (QED) is 0.143. The summed E-state index contributed by atoms with van der Waals surface area (Å²) in [5.41, 5.74) is 4.62. The number of nitrogens with zero attached hydrogens (tertiary/aromatic N) is 5. The highest BCUT2D eigenvalue weighted by atomic mass is 32.1. The van der Waals surface area contributed by atoms with E-state index in [-0.39, 0.29) is 35.0 Å². The number of carbonyl (C=O) groups excluding carboxylic acids is 1. The topological polar surface area (TPSA) is 68.0 Å². The minimum Gasteiger partial charge on any atom is -0.349 e. The number of carbonyl (C=O) groups is 1. The number of rotatable bonds is 10. The van der Waals surface area contributed by atoms with Crippen molar-refractivity contribution in [3.8, 4) is 23.0 Å². The first kappa shape index (κ1) is 34.3. The maximum Gasteiger partial charge on any atom is 0.416 e. The molecule has 3 aromatic heterocycles. The fraction of sp³-hybridized carbons (Fsp3) is 0.444. The van der Waals surface area contributed by atoms with Crippen LogP contribution in [-0.2, 0) is 31.0 Å². The van der Waals surface area contributed by atoms with E-state index in [1.54, 1.807) is 0 Å². The van der Waals surface area contributed by atoms with Crippen molar-refractivity contribution in [2.75, 3.05) is 20.6 Å². The van der Waals surface area contributed by atoms with Crippen molar-refractivity contribution >= 4 is 29.0 Å². The third-order valence-electron chi connectivity index (χ3n) is 8.36. The van der Waals surface area contributed by atoms with Crippen LogP contribution in [0.25, 0.3) is 22.0 Å². The lowest BCUT2D eigenvalue weighted by atomic mass is 9.96. The minimum atomic E-state index is -4.56. The number of aromatic nitrogens is 4. The van der Waals surface area contributed by atoms with Crippen LogP contribution in [0.1, 0.15) is 67.2 Å². The van der Waals surface area contributed by atoms with Gasteiger partial charge in [0.1, 0.15) is 16.4 Å². The van der Waals surface area contributed by atoms with Crippen LogP contribution in [0, 0.1) is 35.2 Å². The van der Waals surface area contributed by atoms with E-state index in [0.29, 0.717) is 30.3 Å². The van der Waals surface area contributed by atoms with E-state index in [2.05, 4.69) is 35.2 Å². The normalized spacial score (nSPS) is 14.0. The highest BCUT2D eigenvalue weighted by molar-refractivity contribution is 7.71. The minimum absolute atomic E-state index is 0.0375. The largest absolute Gasteiger partial charge is 0.416 e. The Morgan fingerprint density at radius 1 is 1.19 bits per heavy atom. The van der Waals surface area contributed by atoms with Crippen molar-refractivity contribution in [3.05, 3.63) is 75.4 Å². The lowest BCUT2D eigenvalue weighted by Gasteiger charge is -2.25. The summed E-state index contributed by atoms with van der Waals surface area (Å²) in [5.74, 6) is 6.66. The monoisotopic (exact) mass is 662 g/mol. The van der Waals surface area contributed by atoms with E-state index in [0.717, 1.165) is 46.5 Å². The molecule has 7 nitrogen and oxygen atoms in total. The number of aryl methyl sites for hydroxylation is 2. The van der Waals surface area contributed by atoms with Crippen molar-refractivity contribution in [1.82, 2.24) is 29.5 Å². The molecule has 0 aliphatic heterocycles. The van der Waals surface area contributed by atoms with Gasteiger partial charge in [-0.25, -0.2) is 4.98 Å². The summed E-state index contributed by atoms with van der Waals surface area (Å²) in [6.45, 7) is 6.52. The molecule has 1 atom stereocenters. The van der Waals surface area contributed by atoms with Gasteiger partial charge in [0, 0.05) is 31.1 Å². The Kier molecular flexibility index (Phi) is 10.2. The molecule has 1 aliphatic rings. The molecule has 0 bridgehead atoms. The molecule has 1 N–H and O–H groups in total. The lowest BCUT2D eigenvalue weighted by Crippen LogP contribution is -2.34. The molecule has 248 valence electrons. The highest BCUT2D eigenvalue weighted by Gasteiger charge is 2.35. The molecule has 0 radical (unpaired) electrons. The Hall–Kier alpha value is -4.01. The molecule has 1 fully saturated rings. The molecule has 0 spiro atoms. The number of benzene rings is 1. The van der Waals surface area contributed by atoms with Gasteiger partial charge in [-0.2, -0.15) is 18.3 Å². The average molecular weight is 663 g/mol. The van der Waals surface area contributed by atoms with Gasteiger partial charge in [-0.15, -0.1) is 0 Å². The van der Waals surface area contributed by atoms with Crippen LogP contribution in [-0.4, -0.2) is 50.8 Å². The maximum atomic E-state index is 14.0. The van der Waals surface area contributed by atoms with E-state index in [1.807, 2.05) is 69.0 Å². The number of likely N-dealkylation sites (N-methyl/N-ethyl adjacent to an activating group) is 1. The molecule has 1 aromatic carbocycles. The lowest BCUT2D eigenvalue weighted by molar-refractivity contribution is -0.138. The Morgan fingerprint density at radius 3 is 2.60 bits per heavy atom. The summed E-state index contributed by atoms with van der Waals surface area (Å²) >= 11 is 5.46. The molecule has 1 unspecified atom stereocenters.